The highest BCUT2D eigenvalue weighted by Gasteiger charge is 2.16. The van der Waals surface area contributed by atoms with Crippen molar-refractivity contribution in [1.29, 1.82) is 0 Å². The van der Waals surface area contributed by atoms with E-state index in [2.05, 4.69) is 31.5 Å². The maximum Gasteiger partial charge on any atom is 0.321 e. The molecule has 28 heavy (non-hydrogen) atoms. The molecule has 9 nitrogen and oxygen atoms in total. The first-order chi connectivity index (χ1) is 13.1. The molecule has 0 aliphatic rings. The van der Waals surface area contributed by atoms with Crippen LogP contribution in [0.2, 0.25) is 0 Å². The van der Waals surface area contributed by atoms with Gasteiger partial charge in [-0.2, -0.15) is 0 Å². The highest BCUT2D eigenvalue weighted by Crippen LogP contribution is 2.28. The van der Waals surface area contributed by atoms with Gasteiger partial charge in [-0.1, -0.05) is 29.2 Å². The van der Waals surface area contributed by atoms with Gasteiger partial charge in [0.25, 0.3) is 0 Å². The van der Waals surface area contributed by atoms with Gasteiger partial charge >= 0.3 is 6.03 Å². The van der Waals surface area contributed by atoms with Crippen LogP contribution in [0, 0.1) is 0 Å². The summed E-state index contributed by atoms with van der Waals surface area (Å²) in [5.41, 5.74) is 0.992. The summed E-state index contributed by atoms with van der Waals surface area (Å²) in [4.78, 5) is 34.7. The molecule has 1 heterocycles. The van der Waals surface area contributed by atoms with E-state index >= 15 is 0 Å². The fourth-order valence-electron chi connectivity index (χ4n) is 1.98. The summed E-state index contributed by atoms with van der Waals surface area (Å²) in [6, 6.07) is 6.66. The molecule has 1 aromatic heterocycles. The predicted octanol–water partition coefficient (Wildman–Crippen LogP) is 2.96. The molecule has 0 saturated carbocycles. The number of anilines is 3. The fourth-order valence-corrected chi connectivity index (χ4v) is 3.55. The van der Waals surface area contributed by atoms with Crippen molar-refractivity contribution in [3.8, 4) is 0 Å². The van der Waals surface area contributed by atoms with Crippen molar-refractivity contribution in [3.63, 3.8) is 0 Å². The Kier molecular flexibility index (Phi) is 7.35. The van der Waals surface area contributed by atoms with Gasteiger partial charge in [0.1, 0.15) is 0 Å². The quantitative estimate of drug-likeness (QED) is 0.527. The van der Waals surface area contributed by atoms with Crippen molar-refractivity contribution in [3.05, 3.63) is 24.3 Å². The number of aromatic nitrogens is 2. The third-order valence-corrected chi connectivity index (χ3v) is 4.88. The fraction of sp³-hybridized carbons (Fsp3) is 0.353. The number of amides is 4. The van der Waals surface area contributed by atoms with Crippen LogP contribution in [-0.2, 0) is 9.59 Å². The van der Waals surface area contributed by atoms with E-state index in [0.717, 1.165) is 5.69 Å². The number of hydrogen-bond donors (Lipinski definition) is 4. The molecule has 0 fully saturated rings. The molecule has 0 spiro atoms. The molecule has 4 amide bonds. The zero-order valence-corrected chi connectivity index (χ0v) is 17.6. The number of carbonyl (C=O) groups is 3. The van der Waals surface area contributed by atoms with E-state index in [1.807, 2.05) is 26.8 Å². The van der Waals surface area contributed by atoms with Gasteiger partial charge in [-0.3, -0.25) is 14.9 Å². The van der Waals surface area contributed by atoms with Crippen LogP contribution in [0.4, 0.5) is 21.3 Å². The van der Waals surface area contributed by atoms with Gasteiger partial charge in [0.15, 0.2) is 4.34 Å². The van der Waals surface area contributed by atoms with Gasteiger partial charge in [-0.25, -0.2) is 4.79 Å². The zero-order valence-electron chi connectivity index (χ0n) is 16.0. The Morgan fingerprint density at radius 1 is 1.14 bits per heavy atom. The summed E-state index contributed by atoms with van der Waals surface area (Å²) in [6.07, 6.45) is 0. The minimum Gasteiger partial charge on any atom is -0.333 e. The average Bonchev–Trinajstić information content (AvgIpc) is 2.98. The van der Waals surface area contributed by atoms with Crippen molar-refractivity contribution in [2.75, 3.05) is 16.4 Å². The highest BCUT2D eigenvalue weighted by molar-refractivity contribution is 8.01. The van der Waals surface area contributed by atoms with Crippen LogP contribution < -0.4 is 21.3 Å². The van der Waals surface area contributed by atoms with E-state index in [1.54, 1.807) is 18.2 Å². The smallest absolute Gasteiger partial charge is 0.321 e. The van der Waals surface area contributed by atoms with Gasteiger partial charge in [0, 0.05) is 23.8 Å². The molecule has 0 aliphatic heterocycles. The molecule has 0 atom stereocenters. The summed E-state index contributed by atoms with van der Waals surface area (Å²) >= 11 is 2.47. The molecule has 4 N–H and O–H groups in total. The predicted molar refractivity (Wildman–Crippen MR) is 111 cm³/mol. The van der Waals surface area contributed by atoms with E-state index in [4.69, 9.17) is 0 Å². The summed E-state index contributed by atoms with van der Waals surface area (Å²) in [7, 11) is 0. The molecular weight excluding hydrogens is 400 g/mol. The second-order valence-corrected chi connectivity index (χ2v) is 9.00. The Labute approximate surface area is 171 Å². The maximum absolute atomic E-state index is 11.8. The van der Waals surface area contributed by atoms with Gasteiger partial charge in [0.2, 0.25) is 16.9 Å². The van der Waals surface area contributed by atoms with Crippen LogP contribution in [0.1, 0.15) is 27.7 Å². The van der Waals surface area contributed by atoms with Gasteiger partial charge in [-0.15, -0.1) is 10.2 Å². The second kappa shape index (κ2) is 9.51. The van der Waals surface area contributed by atoms with Gasteiger partial charge in [0.05, 0.1) is 5.75 Å². The molecule has 150 valence electrons. The lowest BCUT2D eigenvalue weighted by atomic mass is 10.1. The Hall–Kier alpha value is -2.66. The van der Waals surface area contributed by atoms with Crippen molar-refractivity contribution in [2.24, 2.45) is 0 Å². The molecule has 0 unspecified atom stereocenters. The van der Waals surface area contributed by atoms with Crippen LogP contribution in [0.15, 0.2) is 28.6 Å². The molecule has 0 radical (unpaired) electrons. The SMILES string of the molecule is CC(=O)Nc1cccc(Nc2nnc(SCC(=O)NC(=O)NC(C)(C)C)s2)c1. The number of thioether (sulfide) groups is 1. The number of rotatable bonds is 6. The summed E-state index contributed by atoms with van der Waals surface area (Å²) in [5.74, 6) is -0.523. The lowest BCUT2D eigenvalue weighted by Crippen LogP contribution is -2.48. The van der Waals surface area contributed by atoms with Crippen LogP contribution in [0.25, 0.3) is 0 Å². The van der Waals surface area contributed by atoms with Crippen molar-refractivity contribution >= 4 is 57.5 Å². The second-order valence-electron chi connectivity index (χ2n) is 6.80. The minimum absolute atomic E-state index is 0.0458. The zero-order chi connectivity index (χ0) is 20.7. The molecule has 2 rings (SSSR count). The molecule has 1 aromatic carbocycles. The van der Waals surface area contributed by atoms with Crippen LogP contribution in [0.5, 0.6) is 0 Å². The van der Waals surface area contributed by atoms with E-state index in [1.165, 1.54) is 30.0 Å². The Bertz CT molecular complexity index is 863. The van der Waals surface area contributed by atoms with E-state index in [-0.39, 0.29) is 11.7 Å². The minimum atomic E-state index is -0.531. The lowest BCUT2D eigenvalue weighted by molar-refractivity contribution is -0.117. The average molecular weight is 423 g/mol. The first kappa shape index (κ1) is 21.6. The van der Waals surface area contributed by atoms with Crippen LogP contribution in [0.3, 0.4) is 0 Å². The molecule has 11 heteroatoms. The third kappa shape index (κ3) is 7.92. The lowest BCUT2D eigenvalue weighted by Gasteiger charge is -2.20. The summed E-state index contributed by atoms with van der Waals surface area (Å²) in [6.45, 7) is 6.92. The third-order valence-electron chi connectivity index (χ3n) is 2.91. The largest absolute Gasteiger partial charge is 0.333 e. The van der Waals surface area contributed by atoms with Gasteiger partial charge in [-0.05, 0) is 39.0 Å². The maximum atomic E-state index is 11.8. The first-order valence-electron chi connectivity index (χ1n) is 8.34. The topological polar surface area (TPSA) is 125 Å². The van der Waals surface area contributed by atoms with Crippen LogP contribution in [-0.4, -0.2) is 39.3 Å². The molecule has 2 aromatic rings. The normalized spacial score (nSPS) is 10.9. The highest BCUT2D eigenvalue weighted by atomic mass is 32.2. The summed E-state index contributed by atoms with van der Waals surface area (Å²) < 4.78 is 0.590. The number of nitrogens with zero attached hydrogens (tertiary/aromatic N) is 2. The standard InChI is InChI=1S/C17H22N6O3S2/c1-10(24)18-11-6-5-7-12(8-11)19-15-22-23-16(28-15)27-9-13(25)20-14(26)21-17(2,3)4/h5-8H,9H2,1-4H3,(H,18,24)(H,19,22)(H2,20,21,25,26). The number of urea groups is 1. The van der Waals surface area contributed by atoms with Gasteiger partial charge < -0.3 is 16.0 Å². The number of nitrogens with one attached hydrogen (secondary N) is 4. The molecular formula is C17H22N6O3S2. The molecule has 0 saturated heterocycles. The van der Waals surface area contributed by atoms with Crippen molar-refractivity contribution < 1.29 is 14.4 Å². The van der Waals surface area contributed by atoms with E-state index < -0.39 is 17.5 Å². The Morgan fingerprint density at radius 3 is 2.54 bits per heavy atom. The number of carbonyl (C=O) groups excluding carboxylic acids is 3. The van der Waals surface area contributed by atoms with E-state index in [9.17, 15) is 14.4 Å². The first-order valence-corrected chi connectivity index (χ1v) is 10.1. The number of imide groups is 1. The molecule has 0 bridgehead atoms. The Morgan fingerprint density at radius 2 is 1.86 bits per heavy atom. The van der Waals surface area contributed by atoms with Crippen LogP contribution >= 0.6 is 23.1 Å². The monoisotopic (exact) mass is 422 g/mol. The van der Waals surface area contributed by atoms with Crippen molar-refractivity contribution in [1.82, 2.24) is 20.8 Å². The van der Waals surface area contributed by atoms with E-state index in [0.29, 0.717) is 15.2 Å². The van der Waals surface area contributed by atoms with Crippen molar-refractivity contribution in [2.45, 2.75) is 37.6 Å². The molecule has 0 aliphatic carbocycles. The number of benzene rings is 1. The number of hydrogen-bond acceptors (Lipinski definition) is 8. The summed E-state index contributed by atoms with van der Waals surface area (Å²) in [5, 5.41) is 19.3. The Balaban J connectivity index is 1.85.